The predicted molar refractivity (Wildman–Crippen MR) is 103 cm³/mol. The van der Waals surface area contributed by atoms with Crippen LogP contribution in [0.2, 0.25) is 0 Å². The number of nitrogens with zero attached hydrogens (tertiary/aromatic N) is 2. The van der Waals surface area contributed by atoms with E-state index >= 15 is 0 Å². The van der Waals surface area contributed by atoms with Crippen LogP contribution in [-0.4, -0.2) is 68.8 Å². The zero-order chi connectivity index (χ0) is 18.9. The second-order valence-electron chi connectivity index (χ2n) is 8.07. The second kappa shape index (κ2) is 7.89. The molecule has 0 radical (unpaired) electrons. The molecule has 1 aromatic rings. The van der Waals surface area contributed by atoms with Crippen molar-refractivity contribution in [2.75, 3.05) is 39.3 Å². The van der Waals surface area contributed by atoms with Crippen LogP contribution in [0.4, 0.5) is 0 Å². The normalized spacial score (nSPS) is 23.2. The van der Waals surface area contributed by atoms with Crippen molar-refractivity contribution in [3.63, 3.8) is 0 Å². The second-order valence-corrected chi connectivity index (χ2v) is 10.0. The molecule has 0 aromatic heterocycles. The van der Waals surface area contributed by atoms with E-state index in [1.54, 1.807) is 29.2 Å². The molecular formula is C20H30N3O3S+. The van der Waals surface area contributed by atoms with E-state index < -0.39 is 10.0 Å². The summed E-state index contributed by atoms with van der Waals surface area (Å²) in [7, 11) is -3.42. The number of amides is 1. The fourth-order valence-electron chi connectivity index (χ4n) is 4.77. The Hall–Kier alpha value is -1.44. The molecule has 3 fully saturated rings. The molecule has 4 rings (SSSR count). The highest BCUT2D eigenvalue weighted by atomic mass is 32.2. The van der Waals surface area contributed by atoms with Crippen LogP contribution in [0.25, 0.3) is 0 Å². The molecule has 1 amide bonds. The maximum atomic E-state index is 12.8. The van der Waals surface area contributed by atoms with Gasteiger partial charge in [-0.25, -0.2) is 8.42 Å². The van der Waals surface area contributed by atoms with E-state index in [-0.39, 0.29) is 10.8 Å². The molecule has 0 bridgehead atoms. The van der Waals surface area contributed by atoms with Gasteiger partial charge in [0.25, 0.3) is 5.91 Å². The zero-order valence-electron chi connectivity index (χ0n) is 15.9. The van der Waals surface area contributed by atoms with Gasteiger partial charge in [0.1, 0.15) is 0 Å². The molecule has 1 N–H and O–H groups in total. The largest absolute Gasteiger partial charge is 0.330 e. The molecule has 1 aromatic carbocycles. The first-order valence-electron chi connectivity index (χ1n) is 10.3. The van der Waals surface area contributed by atoms with Gasteiger partial charge < -0.3 is 9.80 Å². The van der Waals surface area contributed by atoms with Gasteiger partial charge in [-0.15, -0.1) is 0 Å². The van der Waals surface area contributed by atoms with Gasteiger partial charge in [-0.1, -0.05) is 0 Å². The summed E-state index contributed by atoms with van der Waals surface area (Å²) in [6, 6.07) is 7.29. The molecule has 3 aliphatic rings. The summed E-state index contributed by atoms with van der Waals surface area (Å²) < 4.78 is 26.8. The number of hydrogen-bond donors (Lipinski definition) is 1. The van der Waals surface area contributed by atoms with E-state index in [1.165, 1.54) is 30.0 Å². The Kier molecular flexibility index (Phi) is 5.53. The Bertz CT molecular complexity index is 758. The third kappa shape index (κ3) is 3.91. The van der Waals surface area contributed by atoms with Crippen molar-refractivity contribution >= 4 is 15.9 Å². The lowest BCUT2D eigenvalue weighted by Crippen LogP contribution is -3.18. The first-order chi connectivity index (χ1) is 13.1. The quantitative estimate of drug-likeness (QED) is 0.823. The summed E-state index contributed by atoms with van der Waals surface area (Å²) in [5.74, 6) is 0.0191. The summed E-state index contributed by atoms with van der Waals surface area (Å²) in [5.41, 5.74) is 0.583. The van der Waals surface area contributed by atoms with E-state index in [1.807, 2.05) is 4.90 Å². The Balaban J connectivity index is 1.38. The van der Waals surface area contributed by atoms with E-state index in [0.717, 1.165) is 45.1 Å². The minimum Gasteiger partial charge on any atom is -0.330 e. The molecule has 1 saturated carbocycles. The molecule has 2 aliphatic heterocycles. The summed E-state index contributed by atoms with van der Waals surface area (Å²) in [6.45, 7) is 4.82. The topological polar surface area (TPSA) is 62.1 Å². The van der Waals surface area contributed by atoms with Crippen molar-refractivity contribution in [1.29, 1.82) is 0 Å². The van der Waals surface area contributed by atoms with Crippen molar-refractivity contribution in [2.24, 2.45) is 0 Å². The van der Waals surface area contributed by atoms with Crippen LogP contribution >= 0.6 is 0 Å². The number of carbonyl (C=O) groups is 1. The molecule has 148 valence electrons. The maximum absolute atomic E-state index is 12.8. The Morgan fingerprint density at radius 3 is 2.07 bits per heavy atom. The van der Waals surface area contributed by atoms with Gasteiger partial charge in [0, 0.05) is 18.7 Å². The standard InChI is InChI=1S/C20H29N3O3S/c24-20(22-15-13-21(14-16-22)18-5-1-2-6-18)17-7-9-19(10-8-17)27(25,26)23-11-3-4-12-23/h7-10,18H,1-6,11-16H2/p+1. The number of quaternary nitrogens is 1. The Labute approximate surface area is 162 Å². The average Bonchev–Trinajstić information content (AvgIpc) is 3.42. The van der Waals surface area contributed by atoms with Crippen LogP contribution in [-0.2, 0) is 10.0 Å². The summed E-state index contributed by atoms with van der Waals surface area (Å²) >= 11 is 0. The lowest BCUT2D eigenvalue weighted by Gasteiger charge is -2.35. The van der Waals surface area contributed by atoms with Gasteiger partial charge in [0.05, 0.1) is 37.1 Å². The Morgan fingerprint density at radius 1 is 0.889 bits per heavy atom. The number of sulfonamides is 1. The van der Waals surface area contributed by atoms with Crippen LogP contribution < -0.4 is 4.90 Å². The van der Waals surface area contributed by atoms with Crippen LogP contribution in [0, 0.1) is 0 Å². The van der Waals surface area contributed by atoms with Crippen LogP contribution in [0.5, 0.6) is 0 Å². The molecule has 6 nitrogen and oxygen atoms in total. The summed E-state index contributed by atoms with van der Waals surface area (Å²) in [5, 5.41) is 0. The van der Waals surface area contributed by atoms with Crippen molar-refractivity contribution in [3.05, 3.63) is 29.8 Å². The molecule has 1 aliphatic carbocycles. The molecule has 2 saturated heterocycles. The van der Waals surface area contributed by atoms with Crippen LogP contribution in [0.3, 0.4) is 0 Å². The summed E-state index contributed by atoms with van der Waals surface area (Å²) in [6.07, 6.45) is 7.20. The number of rotatable bonds is 4. The highest BCUT2D eigenvalue weighted by molar-refractivity contribution is 7.89. The monoisotopic (exact) mass is 392 g/mol. The SMILES string of the molecule is O=C(c1ccc(S(=O)(=O)N2CCCC2)cc1)N1CC[NH+](C2CCCC2)CC1. The molecule has 2 heterocycles. The third-order valence-electron chi connectivity index (χ3n) is 6.43. The van der Waals surface area contributed by atoms with Crippen molar-refractivity contribution < 1.29 is 18.1 Å². The number of carbonyl (C=O) groups excluding carboxylic acids is 1. The average molecular weight is 393 g/mol. The first kappa shape index (κ1) is 18.9. The Morgan fingerprint density at radius 2 is 1.48 bits per heavy atom. The fraction of sp³-hybridized carbons (Fsp3) is 0.650. The molecule has 27 heavy (non-hydrogen) atoms. The predicted octanol–water partition coefficient (Wildman–Crippen LogP) is 0.754. The number of nitrogens with one attached hydrogen (secondary N) is 1. The third-order valence-corrected chi connectivity index (χ3v) is 8.34. The maximum Gasteiger partial charge on any atom is 0.254 e. The smallest absolute Gasteiger partial charge is 0.254 e. The van der Waals surface area contributed by atoms with E-state index in [0.29, 0.717) is 18.7 Å². The van der Waals surface area contributed by atoms with Gasteiger partial charge in [0.2, 0.25) is 10.0 Å². The van der Waals surface area contributed by atoms with E-state index in [9.17, 15) is 13.2 Å². The minimum absolute atomic E-state index is 0.0191. The molecule has 0 unspecified atom stereocenters. The van der Waals surface area contributed by atoms with Crippen molar-refractivity contribution in [2.45, 2.75) is 49.5 Å². The highest BCUT2D eigenvalue weighted by Gasteiger charge is 2.32. The van der Waals surface area contributed by atoms with Gasteiger partial charge in [-0.05, 0) is 62.8 Å². The highest BCUT2D eigenvalue weighted by Crippen LogP contribution is 2.21. The van der Waals surface area contributed by atoms with Gasteiger partial charge in [0.15, 0.2) is 0 Å². The summed E-state index contributed by atoms with van der Waals surface area (Å²) in [4.78, 5) is 16.7. The van der Waals surface area contributed by atoms with Crippen LogP contribution in [0.1, 0.15) is 48.9 Å². The first-order valence-corrected chi connectivity index (χ1v) is 11.7. The van der Waals surface area contributed by atoms with Crippen LogP contribution in [0.15, 0.2) is 29.2 Å². The number of hydrogen-bond acceptors (Lipinski definition) is 3. The molecule has 0 spiro atoms. The molecule has 7 heteroatoms. The van der Waals surface area contributed by atoms with Crippen molar-refractivity contribution in [1.82, 2.24) is 9.21 Å². The fourth-order valence-corrected chi connectivity index (χ4v) is 6.29. The van der Waals surface area contributed by atoms with Gasteiger partial charge in [-0.2, -0.15) is 4.31 Å². The van der Waals surface area contributed by atoms with Crippen molar-refractivity contribution in [3.8, 4) is 0 Å². The lowest BCUT2D eigenvalue weighted by molar-refractivity contribution is -0.928. The number of piperazine rings is 1. The van der Waals surface area contributed by atoms with Gasteiger partial charge >= 0.3 is 0 Å². The lowest BCUT2D eigenvalue weighted by atomic mass is 10.1. The van der Waals surface area contributed by atoms with Gasteiger partial charge in [-0.3, -0.25) is 4.79 Å². The molecule has 0 atom stereocenters. The minimum atomic E-state index is -3.42. The zero-order valence-corrected chi connectivity index (χ0v) is 16.7. The van der Waals surface area contributed by atoms with E-state index in [2.05, 4.69) is 0 Å². The number of benzene rings is 1. The molecular weight excluding hydrogens is 362 g/mol. The van der Waals surface area contributed by atoms with E-state index in [4.69, 9.17) is 0 Å².